The molecule has 1 aliphatic rings. The number of amides is 1. The number of nitrogens with two attached hydrogens (primary N) is 2. The van der Waals surface area contributed by atoms with Crippen LogP contribution < -0.4 is 11.5 Å². The van der Waals surface area contributed by atoms with Gasteiger partial charge >= 0.3 is 6.18 Å². The summed E-state index contributed by atoms with van der Waals surface area (Å²) in [6.07, 6.45) is -0.992. The van der Waals surface area contributed by atoms with Crippen LogP contribution >= 0.6 is 0 Å². The van der Waals surface area contributed by atoms with E-state index in [0.29, 0.717) is 17.7 Å². The molecule has 0 aliphatic heterocycles. The van der Waals surface area contributed by atoms with E-state index in [-0.39, 0.29) is 17.3 Å². The van der Waals surface area contributed by atoms with Crippen LogP contribution in [0.2, 0.25) is 0 Å². The normalized spacial score (nSPS) is 16.0. The van der Waals surface area contributed by atoms with Gasteiger partial charge in [-0.25, -0.2) is 4.68 Å². The number of anilines is 1. The number of primary amides is 1. The lowest BCUT2D eigenvalue weighted by Gasteiger charge is -2.18. The van der Waals surface area contributed by atoms with Crippen molar-refractivity contribution in [1.82, 2.24) is 14.8 Å². The predicted octanol–water partition coefficient (Wildman–Crippen LogP) is 2.85. The summed E-state index contributed by atoms with van der Waals surface area (Å²) in [4.78, 5) is 15.2. The molecule has 4 N–H and O–H groups in total. The standard InChI is InChI=1S/C16H18F3N5O/c1-2-10(9-5-6-11(22-7-9)16(17,18)19)24-14(20)12(15(21)25)13(23-24)8-3-4-8/h5-8,10H,2-4,20H2,1H3,(H2,21,25). The van der Waals surface area contributed by atoms with Gasteiger partial charge in [-0.2, -0.15) is 18.3 Å². The lowest BCUT2D eigenvalue weighted by molar-refractivity contribution is -0.141. The third kappa shape index (κ3) is 3.18. The van der Waals surface area contributed by atoms with Crippen LogP contribution in [0.15, 0.2) is 18.3 Å². The van der Waals surface area contributed by atoms with E-state index >= 15 is 0 Å². The van der Waals surface area contributed by atoms with Gasteiger partial charge in [-0.1, -0.05) is 13.0 Å². The maximum absolute atomic E-state index is 12.7. The van der Waals surface area contributed by atoms with Crippen LogP contribution in [-0.2, 0) is 6.18 Å². The van der Waals surface area contributed by atoms with Gasteiger partial charge in [-0.15, -0.1) is 0 Å². The Kier molecular flexibility index (Phi) is 4.18. The van der Waals surface area contributed by atoms with Crippen molar-refractivity contribution >= 4 is 11.7 Å². The molecule has 0 radical (unpaired) electrons. The molecule has 1 saturated carbocycles. The number of alkyl halides is 3. The first kappa shape index (κ1) is 17.2. The molecule has 134 valence electrons. The Balaban J connectivity index is 2.01. The highest BCUT2D eigenvalue weighted by Crippen LogP contribution is 2.43. The number of nitrogen functional groups attached to an aromatic ring is 1. The summed E-state index contributed by atoms with van der Waals surface area (Å²) in [6.45, 7) is 1.85. The van der Waals surface area contributed by atoms with Crippen LogP contribution in [0.3, 0.4) is 0 Å². The summed E-state index contributed by atoms with van der Waals surface area (Å²) in [5.74, 6) is -0.346. The fraction of sp³-hybridized carbons (Fsp3) is 0.438. The number of hydrogen-bond donors (Lipinski definition) is 2. The van der Waals surface area contributed by atoms with E-state index in [1.165, 1.54) is 16.9 Å². The smallest absolute Gasteiger partial charge is 0.383 e. The molecule has 1 atom stereocenters. The zero-order valence-corrected chi connectivity index (χ0v) is 13.5. The highest BCUT2D eigenvalue weighted by atomic mass is 19.4. The molecule has 0 saturated heterocycles. The Hall–Kier alpha value is -2.58. The molecule has 9 heteroatoms. The third-order valence-electron chi connectivity index (χ3n) is 4.33. The average molecular weight is 353 g/mol. The highest BCUT2D eigenvalue weighted by Gasteiger charge is 2.35. The second kappa shape index (κ2) is 6.05. The van der Waals surface area contributed by atoms with E-state index in [2.05, 4.69) is 10.1 Å². The summed E-state index contributed by atoms with van der Waals surface area (Å²) < 4.78 is 39.5. The SMILES string of the molecule is CCC(c1ccc(C(F)(F)F)nc1)n1nc(C2CC2)c(C(N)=O)c1N. The molecular weight excluding hydrogens is 335 g/mol. The van der Waals surface area contributed by atoms with Crippen LogP contribution in [0.25, 0.3) is 0 Å². The Morgan fingerprint density at radius 1 is 1.40 bits per heavy atom. The number of hydrogen-bond acceptors (Lipinski definition) is 4. The molecule has 1 unspecified atom stereocenters. The van der Waals surface area contributed by atoms with Gasteiger partial charge in [0.25, 0.3) is 5.91 Å². The summed E-state index contributed by atoms with van der Waals surface area (Å²) in [5.41, 5.74) is 11.9. The first-order valence-electron chi connectivity index (χ1n) is 7.94. The monoisotopic (exact) mass is 353 g/mol. The lowest BCUT2D eigenvalue weighted by Crippen LogP contribution is -2.18. The van der Waals surface area contributed by atoms with Gasteiger partial charge in [-0.05, 0) is 30.9 Å². The van der Waals surface area contributed by atoms with E-state index in [0.717, 1.165) is 18.9 Å². The summed E-state index contributed by atoms with van der Waals surface area (Å²) in [5, 5.41) is 4.45. The Morgan fingerprint density at radius 3 is 2.52 bits per heavy atom. The van der Waals surface area contributed by atoms with Gasteiger partial charge < -0.3 is 11.5 Å². The van der Waals surface area contributed by atoms with Crippen molar-refractivity contribution in [3.63, 3.8) is 0 Å². The number of pyridine rings is 1. The van der Waals surface area contributed by atoms with Gasteiger partial charge in [0.05, 0.1) is 11.7 Å². The second-order valence-corrected chi connectivity index (χ2v) is 6.13. The van der Waals surface area contributed by atoms with Crippen molar-refractivity contribution in [2.24, 2.45) is 5.73 Å². The van der Waals surface area contributed by atoms with Crippen LogP contribution in [0, 0.1) is 0 Å². The van der Waals surface area contributed by atoms with Crippen molar-refractivity contribution in [3.8, 4) is 0 Å². The largest absolute Gasteiger partial charge is 0.433 e. The summed E-state index contributed by atoms with van der Waals surface area (Å²) >= 11 is 0. The minimum absolute atomic E-state index is 0.140. The third-order valence-corrected chi connectivity index (χ3v) is 4.33. The average Bonchev–Trinajstić information content (AvgIpc) is 3.32. The van der Waals surface area contributed by atoms with Crippen molar-refractivity contribution in [2.75, 3.05) is 5.73 Å². The van der Waals surface area contributed by atoms with Crippen LogP contribution in [0.4, 0.5) is 19.0 Å². The van der Waals surface area contributed by atoms with Gasteiger partial charge in [0.2, 0.25) is 0 Å². The van der Waals surface area contributed by atoms with Crippen molar-refractivity contribution in [1.29, 1.82) is 0 Å². The minimum Gasteiger partial charge on any atom is -0.383 e. The fourth-order valence-electron chi connectivity index (χ4n) is 2.92. The van der Waals surface area contributed by atoms with Crippen molar-refractivity contribution in [2.45, 2.75) is 44.3 Å². The number of rotatable bonds is 5. The first-order chi connectivity index (χ1) is 11.7. The van der Waals surface area contributed by atoms with E-state index in [1.54, 1.807) is 0 Å². The Bertz CT molecular complexity index is 793. The molecule has 2 aromatic rings. The quantitative estimate of drug-likeness (QED) is 0.863. The van der Waals surface area contributed by atoms with E-state index < -0.39 is 23.8 Å². The molecule has 3 rings (SSSR count). The Morgan fingerprint density at radius 2 is 2.08 bits per heavy atom. The van der Waals surface area contributed by atoms with Crippen molar-refractivity contribution in [3.05, 3.63) is 40.8 Å². The zero-order valence-electron chi connectivity index (χ0n) is 13.5. The Labute approximate surface area is 142 Å². The number of halogens is 3. The van der Waals surface area contributed by atoms with Gasteiger partial charge in [0.1, 0.15) is 17.1 Å². The number of nitrogens with zero attached hydrogens (tertiary/aromatic N) is 3. The molecule has 25 heavy (non-hydrogen) atoms. The number of aromatic nitrogens is 3. The number of carbonyl (C=O) groups is 1. The first-order valence-corrected chi connectivity index (χ1v) is 7.94. The van der Waals surface area contributed by atoms with Gasteiger partial charge in [0, 0.05) is 12.1 Å². The molecular formula is C16H18F3N5O. The lowest BCUT2D eigenvalue weighted by atomic mass is 10.1. The molecule has 2 heterocycles. The van der Waals surface area contributed by atoms with Gasteiger partial charge in [-0.3, -0.25) is 9.78 Å². The van der Waals surface area contributed by atoms with E-state index in [9.17, 15) is 18.0 Å². The molecule has 1 aliphatic carbocycles. The summed E-state index contributed by atoms with van der Waals surface area (Å²) in [6, 6.07) is 1.85. The van der Waals surface area contributed by atoms with Crippen LogP contribution in [0.1, 0.15) is 65.5 Å². The van der Waals surface area contributed by atoms with Gasteiger partial charge in [0.15, 0.2) is 0 Å². The molecule has 2 aromatic heterocycles. The maximum atomic E-state index is 12.7. The molecule has 0 aromatic carbocycles. The topological polar surface area (TPSA) is 99.8 Å². The van der Waals surface area contributed by atoms with Crippen LogP contribution in [0.5, 0.6) is 0 Å². The summed E-state index contributed by atoms with van der Waals surface area (Å²) in [7, 11) is 0. The minimum atomic E-state index is -4.50. The molecule has 0 bridgehead atoms. The van der Waals surface area contributed by atoms with E-state index in [4.69, 9.17) is 11.5 Å². The zero-order chi connectivity index (χ0) is 18.4. The van der Waals surface area contributed by atoms with Crippen LogP contribution in [-0.4, -0.2) is 20.7 Å². The van der Waals surface area contributed by atoms with Crippen molar-refractivity contribution < 1.29 is 18.0 Å². The molecule has 6 nitrogen and oxygen atoms in total. The second-order valence-electron chi connectivity index (χ2n) is 6.13. The van der Waals surface area contributed by atoms with E-state index in [1.807, 2.05) is 6.92 Å². The molecule has 1 fully saturated rings. The molecule has 1 amide bonds. The highest BCUT2D eigenvalue weighted by molar-refractivity contribution is 5.98. The number of carbonyl (C=O) groups excluding carboxylic acids is 1. The maximum Gasteiger partial charge on any atom is 0.433 e. The predicted molar refractivity (Wildman–Crippen MR) is 84.8 cm³/mol. The fourth-order valence-corrected chi connectivity index (χ4v) is 2.92. The molecule has 0 spiro atoms.